The van der Waals surface area contributed by atoms with E-state index in [-0.39, 0.29) is 0 Å². The highest BCUT2D eigenvalue weighted by molar-refractivity contribution is 5.05. The monoisotopic (exact) mass is 268 g/mol. The predicted molar refractivity (Wildman–Crippen MR) is 78.3 cm³/mol. The molecule has 4 nitrogen and oxygen atoms in total. The Kier molecular flexibility index (Phi) is 7.13. The molecule has 0 saturated heterocycles. The van der Waals surface area contributed by atoms with Crippen LogP contribution in [0.1, 0.15) is 25.4 Å². The third-order valence-corrected chi connectivity index (χ3v) is 3.12. The minimum absolute atomic E-state index is 0.356. The standard InChI is InChI=1S/C15H28N2O2/c1-12(2)8-16-9-14(11-18-5)17(4)10-15-7-6-13(3)19-15/h6-7,12,14,16H,8-11H2,1-5H3. The first-order chi connectivity index (χ1) is 9.02. The van der Waals surface area contributed by atoms with Crippen molar-refractivity contribution in [2.75, 3.05) is 33.9 Å². The van der Waals surface area contributed by atoms with Gasteiger partial charge in [0.25, 0.3) is 0 Å². The van der Waals surface area contributed by atoms with Crippen molar-refractivity contribution < 1.29 is 9.15 Å². The number of nitrogens with zero attached hydrogens (tertiary/aromatic N) is 1. The van der Waals surface area contributed by atoms with E-state index in [1.165, 1.54) is 0 Å². The number of likely N-dealkylation sites (N-methyl/N-ethyl adjacent to an activating group) is 1. The van der Waals surface area contributed by atoms with Crippen LogP contribution < -0.4 is 5.32 Å². The summed E-state index contributed by atoms with van der Waals surface area (Å²) in [5, 5.41) is 3.49. The van der Waals surface area contributed by atoms with E-state index in [1.807, 2.05) is 19.1 Å². The van der Waals surface area contributed by atoms with E-state index >= 15 is 0 Å². The summed E-state index contributed by atoms with van der Waals surface area (Å²) in [7, 11) is 3.86. The van der Waals surface area contributed by atoms with Crippen molar-refractivity contribution in [1.29, 1.82) is 0 Å². The average Bonchev–Trinajstić information content (AvgIpc) is 2.73. The Morgan fingerprint density at radius 1 is 1.32 bits per heavy atom. The molecule has 1 aromatic heterocycles. The highest BCUT2D eigenvalue weighted by Gasteiger charge is 2.16. The predicted octanol–water partition coefficient (Wildman–Crippen LogP) is 2.28. The number of hydrogen-bond acceptors (Lipinski definition) is 4. The van der Waals surface area contributed by atoms with Crippen molar-refractivity contribution in [3.05, 3.63) is 23.7 Å². The quantitative estimate of drug-likeness (QED) is 0.745. The smallest absolute Gasteiger partial charge is 0.118 e. The van der Waals surface area contributed by atoms with Crippen LogP contribution in [0, 0.1) is 12.8 Å². The highest BCUT2D eigenvalue weighted by atomic mass is 16.5. The Bertz CT molecular complexity index is 350. The van der Waals surface area contributed by atoms with Crippen LogP contribution in [-0.4, -0.2) is 44.8 Å². The highest BCUT2D eigenvalue weighted by Crippen LogP contribution is 2.10. The van der Waals surface area contributed by atoms with Gasteiger partial charge in [-0.2, -0.15) is 0 Å². The molecule has 0 radical (unpaired) electrons. The molecule has 4 heteroatoms. The van der Waals surface area contributed by atoms with Crippen molar-refractivity contribution in [2.24, 2.45) is 5.92 Å². The second-order valence-corrected chi connectivity index (χ2v) is 5.59. The van der Waals surface area contributed by atoms with Crippen LogP contribution in [0.3, 0.4) is 0 Å². The summed E-state index contributed by atoms with van der Waals surface area (Å²) >= 11 is 0. The van der Waals surface area contributed by atoms with Gasteiger partial charge >= 0.3 is 0 Å². The number of methoxy groups -OCH3 is 1. The molecule has 1 aromatic rings. The molecule has 0 aliphatic heterocycles. The molecule has 1 heterocycles. The molecule has 1 rings (SSSR count). The summed E-state index contributed by atoms with van der Waals surface area (Å²) < 4.78 is 10.9. The van der Waals surface area contributed by atoms with E-state index in [4.69, 9.17) is 9.15 Å². The molecule has 1 unspecified atom stereocenters. The van der Waals surface area contributed by atoms with Crippen LogP contribution in [0.25, 0.3) is 0 Å². The van der Waals surface area contributed by atoms with Crippen LogP contribution in [0.2, 0.25) is 0 Å². The Hall–Kier alpha value is -0.840. The molecule has 0 bridgehead atoms. The Morgan fingerprint density at radius 2 is 2.05 bits per heavy atom. The fourth-order valence-electron chi connectivity index (χ4n) is 2.02. The number of nitrogens with one attached hydrogen (secondary N) is 1. The minimum atomic E-state index is 0.356. The van der Waals surface area contributed by atoms with Crippen molar-refractivity contribution in [3.8, 4) is 0 Å². The Morgan fingerprint density at radius 3 is 2.58 bits per heavy atom. The van der Waals surface area contributed by atoms with Crippen molar-refractivity contribution in [2.45, 2.75) is 33.4 Å². The number of aryl methyl sites for hydroxylation is 1. The lowest BCUT2D eigenvalue weighted by atomic mass is 10.2. The zero-order valence-electron chi connectivity index (χ0n) is 12.9. The molecule has 0 saturated carbocycles. The van der Waals surface area contributed by atoms with Gasteiger partial charge in [0.15, 0.2) is 0 Å². The lowest BCUT2D eigenvalue weighted by Gasteiger charge is -2.27. The lowest BCUT2D eigenvalue weighted by Crippen LogP contribution is -2.43. The van der Waals surface area contributed by atoms with Gasteiger partial charge in [-0.25, -0.2) is 0 Å². The summed E-state index contributed by atoms with van der Waals surface area (Å²) in [5.74, 6) is 2.64. The van der Waals surface area contributed by atoms with Gasteiger partial charge in [0.05, 0.1) is 13.2 Å². The maximum atomic E-state index is 5.62. The molecule has 19 heavy (non-hydrogen) atoms. The molecule has 0 aromatic carbocycles. The molecule has 0 aliphatic carbocycles. The summed E-state index contributed by atoms with van der Waals surface area (Å²) in [5.41, 5.74) is 0. The van der Waals surface area contributed by atoms with Gasteiger partial charge in [0, 0.05) is 19.7 Å². The van der Waals surface area contributed by atoms with Crippen molar-refractivity contribution >= 4 is 0 Å². The SMILES string of the molecule is COCC(CNCC(C)C)N(C)Cc1ccc(C)o1. The maximum Gasteiger partial charge on any atom is 0.118 e. The summed E-state index contributed by atoms with van der Waals surface area (Å²) in [6, 6.07) is 4.40. The molecular formula is C15H28N2O2. The second-order valence-electron chi connectivity index (χ2n) is 5.59. The fraction of sp³-hybridized carbons (Fsp3) is 0.733. The number of ether oxygens (including phenoxy) is 1. The van der Waals surface area contributed by atoms with Crippen LogP contribution in [0.4, 0.5) is 0 Å². The summed E-state index contributed by atoms with van der Waals surface area (Å²) in [6.07, 6.45) is 0. The first kappa shape index (κ1) is 16.2. The second kappa shape index (κ2) is 8.35. The number of rotatable bonds is 9. The van der Waals surface area contributed by atoms with Crippen LogP contribution in [0.5, 0.6) is 0 Å². The molecule has 1 N–H and O–H groups in total. The largest absolute Gasteiger partial charge is 0.465 e. The minimum Gasteiger partial charge on any atom is -0.465 e. The summed E-state index contributed by atoms with van der Waals surface area (Å²) in [4.78, 5) is 2.27. The third-order valence-electron chi connectivity index (χ3n) is 3.12. The van der Waals surface area contributed by atoms with Gasteiger partial charge in [0.2, 0.25) is 0 Å². The van der Waals surface area contributed by atoms with Crippen molar-refractivity contribution in [1.82, 2.24) is 10.2 Å². The van der Waals surface area contributed by atoms with E-state index in [2.05, 4.69) is 31.1 Å². The topological polar surface area (TPSA) is 37.6 Å². The average molecular weight is 268 g/mol. The molecule has 0 fully saturated rings. The van der Waals surface area contributed by atoms with E-state index < -0.39 is 0 Å². The van der Waals surface area contributed by atoms with Gasteiger partial charge in [-0.15, -0.1) is 0 Å². The zero-order valence-corrected chi connectivity index (χ0v) is 12.9. The van der Waals surface area contributed by atoms with Crippen LogP contribution in [0.15, 0.2) is 16.5 Å². The zero-order chi connectivity index (χ0) is 14.3. The van der Waals surface area contributed by atoms with Crippen LogP contribution >= 0.6 is 0 Å². The first-order valence-corrected chi connectivity index (χ1v) is 6.98. The van der Waals surface area contributed by atoms with Gasteiger partial charge in [-0.1, -0.05) is 13.8 Å². The van der Waals surface area contributed by atoms with E-state index in [0.29, 0.717) is 12.0 Å². The Labute approximate surface area is 117 Å². The summed E-state index contributed by atoms with van der Waals surface area (Å²) in [6.45, 7) is 9.91. The van der Waals surface area contributed by atoms with E-state index in [1.54, 1.807) is 7.11 Å². The maximum absolute atomic E-state index is 5.62. The van der Waals surface area contributed by atoms with Gasteiger partial charge in [-0.05, 0) is 38.6 Å². The molecule has 0 aliphatic rings. The Balaban J connectivity index is 2.44. The lowest BCUT2D eigenvalue weighted by molar-refractivity contribution is 0.0967. The van der Waals surface area contributed by atoms with E-state index in [0.717, 1.165) is 37.8 Å². The fourth-order valence-corrected chi connectivity index (χ4v) is 2.02. The number of hydrogen-bond donors (Lipinski definition) is 1. The normalized spacial score (nSPS) is 13.4. The molecule has 110 valence electrons. The van der Waals surface area contributed by atoms with Gasteiger partial charge in [0.1, 0.15) is 11.5 Å². The van der Waals surface area contributed by atoms with Crippen LogP contribution in [-0.2, 0) is 11.3 Å². The molecule has 1 atom stereocenters. The molecule has 0 spiro atoms. The van der Waals surface area contributed by atoms with Crippen molar-refractivity contribution in [3.63, 3.8) is 0 Å². The molecule has 0 amide bonds. The first-order valence-electron chi connectivity index (χ1n) is 6.98. The third kappa shape index (κ3) is 6.23. The number of furan rings is 1. The molecular weight excluding hydrogens is 240 g/mol. The van der Waals surface area contributed by atoms with E-state index in [9.17, 15) is 0 Å². The van der Waals surface area contributed by atoms with Gasteiger partial charge in [-0.3, -0.25) is 4.90 Å². The van der Waals surface area contributed by atoms with Gasteiger partial charge < -0.3 is 14.5 Å².